The molecule has 1 unspecified atom stereocenters. The first-order valence-corrected chi connectivity index (χ1v) is 4.79. The van der Waals surface area contributed by atoms with Gasteiger partial charge in [0.2, 0.25) is 5.91 Å². The Morgan fingerprint density at radius 2 is 2.00 bits per heavy atom. The zero-order chi connectivity index (χ0) is 8.93. The first kappa shape index (κ1) is 8.09. The molecule has 1 atom stereocenters. The summed E-state index contributed by atoms with van der Waals surface area (Å²) in [7, 11) is 0. The zero-order valence-electron chi connectivity index (χ0n) is 8.13. The van der Waals surface area contributed by atoms with E-state index >= 15 is 0 Å². The van der Waals surface area contributed by atoms with Gasteiger partial charge in [0.1, 0.15) is 0 Å². The Morgan fingerprint density at radius 1 is 1.42 bits per heavy atom. The number of carbonyl (C=O) groups is 1. The van der Waals surface area contributed by atoms with Crippen molar-refractivity contribution in [1.29, 1.82) is 0 Å². The molecule has 0 radical (unpaired) electrons. The van der Waals surface area contributed by atoms with Gasteiger partial charge < -0.3 is 4.90 Å². The predicted molar refractivity (Wildman–Crippen MR) is 47.7 cm³/mol. The predicted octanol–water partition coefficient (Wildman–Crippen LogP) is 1.65. The van der Waals surface area contributed by atoms with Crippen LogP contribution in [-0.4, -0.2) is 23.4 Å². The Bertz CT molecular complexity index is 218. The van der Waals surface area contributed by atoms with Crippen LogP contribution >= 0.6 is 0 Å². The normalized spacial score (nSPS) is 32.9. The fraction of sp³-hybridized carbons (Fsp3) is 0.900. The minimum Gasteiger partial charge on any atom is -0.338 e. The molecule has 68 valence electrons. The number of rotatable bonds is 1. The summed E-state index contributed by atoms with van der Waals surface area (Å²) < 4.78 is 0. The van der Waals surface area contributed by atoms with Crippen LogP contribution in [0.2, 0.25) is 0 Å². The van der Waals surface area contributed by atoms with Gasteiger partial charge in [-0.3, -0.25) is 4.79 Å². The summed E-state index contributed by atoms with van der Waals surface area (Å²) >= 11 is 0. The molecule has 1 amide bonds. The Balaban J connectivity index is 2.07. The third-order valence-electron chi connectivity index (χ3n) is 3.19. The molecule has 0 spiro atoms. The molecular weight excluding hydrogens is 150 g/mol. The molecule has 1 aliphatic carbocycles. The molecule has 1 heterocycles. The highest BCUT2D eigenvalue weighted by Crippen LogP contribution is 2.49. The average Bonchev–Trinajstić information content (AvgIpc) is 2.67. The first-order chi connectivity index (χ1) is 5.52. The SMILES string of the molecule is CC(=O)N1CC(C)(C)C1C1CC1. The van der Waals surface area contributed by atoms with E-state index < -0.39 is 0 Å². The number of carbonyl (C=O) groups excluding carboxylic acids is 1. The van der Waals surface area contributed by atoms with Crippen molar-refractivity contribution >= 4 is 5.91 Å². The monoisotopic (exact) mass is 167 g/mol. The number of hydrogen-bond acceptors (Lipinski definition) is 1. The van der Waals surface area contributed by atoms with Crippen molar-refractivity contribution in [3.63, 3.8) is 0 Å². The lowest BCUT2D eigenvalue weighted by molar-refractivity contribution is -0.150. The van der Waals surface area contributed by atoms with Gasteiger partial charge in [-0.2, -0.15) is 0 Å². The van der Waals surface area contributed by atoms with E-state index in [2.05, 4.69) is 13.8 Å². The number of likely N-dealkylation sites (tertiary alicyclic amines) is 1. The highest BCUT2D eigenvalue weighted by Gasteiger charge is 2.53. The molecule has 0 aromatic carbocycles. The second-order valence-electron chi connectivity index (χ2n) is 4.92. The fourth-order valence-corrected chi connectivity index (χ4v) is 2.55. The summed E-state index contributed by atoms with van der Waals surface area (Å²) in [6, 6.07) is 0.551. The highest BCUT2D eigenvalue weighted by atomic mass is 16.2. The summed E-state index contributed by atoms with van der Waals surface area (Å²) in [6.07, 6.45) is 2.66. The molecule has 1 saturated heterocycles. The quantitative estimate of drug-likeness (QED) is 0.581. The molecule has 2 nitrogen and oxygen atoms in total. The van der Waals surface area contributed by atoms with E-state index in [1.807, 2.05) is 4.90 Å². The van der Waals surface area contributed by atoms with Gasteiger partial charge in [-0.1, -0.05) is 13.8 Å². The van der Waals surface area contributed by atoms with Gasteiger partial charge in [0.05, 0.1) is 0 Å². The molecule has 0 bridgehead atoms. The van der Waals surface area contributed by atoms with Crippen LogP contribution in [0, 0.1) is 11.3 Å². The van der Waals surface area contributed by atoms with Gasteiger partial charge in [0, 0.05) is 24.9 Å². The van der Waals surface area contributed by atoms with Crippen LogP contribution < -0.4 is 0 Å². The first-order valence-electron chi connectivity index (χ1n) is 4.79. The summed E-state index contributed by atoms with van der Waals surface area (Å²) in [6.45, 7) is 7.19. The van der Waals surface area contributed by atoms with E-state index in [-0.39, 0.29) is 5.91 Å². The maximum absolute atomic E-state index is 11.2. The summed E-state index contributed by atoms with van der Waals surface area (Å²) in [5, 5.41) is 0. The van der Waals surface area contributed by atoms with Crippen molar-refractivity contribution in [3.05, 3.63) is 0 Å². The fourth-order valence-electron chi connectivity index (χ4n) is 2.55. The van der Waals surface area contributed by atoms with Gasteiger partial charge in [-0.05, 0) is 18.8 Å². The molecule has 12 heavy (non-hydrogen) atoms. The van der Waals surface area contributed by atoms with Crippen LogP contribution in [0.1, 0.15) is 33.6 Å². The molecule has 2 aliphatic rings. The van der Waals surface area contributed by atoms with E-state index in [9.17, 15) is 4.79 Å². The van der Waals surface area contributed by atoms with Gasteiger partial charge in [-0.15, -0.1) is 0 Å². The van der Waals surface area contributed by atoms with E-state index in [0.29, 0.717) is 11.5 Å². The Morgan fingerprint density at radius 3 is 2.33 bits per heavy atom. The van der Waals surface area contributed by atoms with Gasteiger partial charge in [-0.25, -0.2) is 0 Å². The van der Waals surface area contributed by atoms with Crippen molar-refractivity contribution < 1.29 is 4.79 Å². The van der Waals surface area contributed by atoms with Crippen molar-refractivity contribution in [2.75, 3.05) is 6.54 Å². The lowest BCUT2D eigenvalue weighted by atomic mass is 9.72. The molecule has 2 fully saturated rings. The molecule has 0 aromatic rings. The minimum atomic E-state index is 0.256. The topological polar surface area (TPSA) is 20.3 Å². The minimum absolute atomic E-state index is 0.256. The van der Waals surface area contributed by atoms with Crippen molar-refractivity contribution in [1.82, 2.24) is 4.90 Å². The molecular formula is C10H17NO. The molecule has 2 heteroatoms. The molecule has 0 aromatic heterocycles. The average molecular weight is 167 g/mol. The van der Waals surface area contributed by atoms with E-state index in [0.717, 1.165) is 12.5 Å². The van der Waals surface area contributed by atoms with Crippen LogP contribution in [-0.2, 0) is 4.79 Å². The second-order valence-corrected chi connectivity index (χ2v) is 4.92. The van der Waals surface area contributed by atoms with Crippen LogP contribution in [0.15, 0.2) is 0 Å². The van der Waals surface area contributed by atoms with Gasteiger partial charge in [0.15, 0.2) is 0 Å². The summed E-state index contributed by atoms with van der Waals surface area (Å²) in [5.74, 6) is 1.07. The smallest absolute Gasteiger partial charge is 0.219 e. The van der Waals surface area contributed by atoms with E-state index in [4.69, 9.17) is 0 Å². The highest BCUT2D eigenvalue weighted by molar-refractivity contribution is 5.75. The molecule has 2 rings (SSSR count). The number of hydrogen-bond donors (Lipinski definition) is 0. The Kier molecular flexibility index (Phi) is 1.51. The number of amides is 1. The maximum atomic E-state index is 11.2. The Hall–Kier alpha value is -0.530. The standard InChI is InChI=1S/C10H17NO/c1-7(12)11-6-10(2,3)9(11)8-4-5-8/h8-9H,4-6H2,1-3H3. The lowest BCUT2D eigenvalue weighted by Gasteiger charge is -2.54. The van der Waals surface area contributed by atoms with E-state index in [1.54, 1.807) is 6.92 Å². The van der Waals surface area contributed by atoms with Crippen molar-refractivity contribution in [3.8, 4) is 0 Å². The molecule has 0 N–H and O–H groups in total. The van der Waals surface area contributed by atoms with Crippen molar-refractivity contribution in [2.24, 2.45) is 11.3 Å². The summed E-state index contributed by atoms with van der Waals surface area (Å²) in [4.78, 5) is 13.2. The zero-order valence-corrected chi connectivity index (χ0v) is 8.13. The van der Waals surface area contributed by atoms with E-state index in [1.165, 1.54) is 12.8 Å². The largest absolute Gasteiger partial charge is 0.338 e. The van der Waals surface area contributed by atoms with Crippen LogP contribution in [0.4, 0.5) is 0 Å². The van der Waals surface area contributed by atoms with Gasteiger partial charge >= 0.3 is 0 Å². The van der Waals surface area contributed by atoms with Crippen LogP contribution in [0.5, 0.6) is 0 Å². The second kappa shape index (κ2) is 2.24. The van der Waals surface area contributed by atoms with Crippen molar-refractivity contribution in [2.45, 2.75) is 39.7 Å². The molecule has 1 saturated carbocycles. The van der Waals surface area contributed by atoms with Crippen LogP contribution in [0.25, 0.3) is 0 Å². The summed E-state index contributed by atoms with van der Waals surface area (Å²) in [5.41, 5.74) is 0.382. The third-order valence-corrected chi connectivity index (χ3v) is 3.19. The Labute approximate surface area is 73.9 Å². The number of nitrogens with zero attached hydrogens (tertiary/aromatic N) is 1. The van der Waals surface area contributed by atoms with Gasteiger partial charge in [0.25, 0.3) is 0 Å². The van der Waals surface area contributed by atoms with Crippen LogP contribution in [0.3, 0.4) is 0 Å². The lowest BCUT2D eigenvalue weighted by Crippen LogP contribution is -2.64. The third kappa shape index (κ3) is 1.05. The maximum Gasteiger partial charge on any atom is 0.219 e. The molecule has 1 aliphatic heterocycles.